The van der Waals surface area contributed by atoms with E-state index in [0.29, 0.717) is 12.5 Å². The van der Waals surface area contributed by atoms with Gasteiger partial charge in [0.2, 0.25) is 0 Å². The van der Waals surface area contributed by atoms with Crippen LogP contribution in [0.4, 0.5) is 4.79 Å². The number of piperidine rings is 1. The summed E-state index contributed by atoms with van der Waals surface area (Å²) >= 11 is 0. The number of fused-ring (bicyclic) bond motifs is 2. The lowest BCUT2D eigenvalue weighted by Crippen LogP contribution is -2.51. The Bertz CT molecular complexity index is 558. The average Bonchev–Trinajstić information content (AvgIpc) is 3.04. The predicted octanol–water partition coefficient (Wildman–Crippen LogP) is 2.30. The minimum atomic E-state index is -0.553. The molecule has 3 rings (SSSR count). The SMILES string of the molecule is COC(=O)[C@]1(CN)C[C@@]12C[C@H]1C[C@H](C)[C@@H](C2)N1C(=O)OC(C)(C)C. The number of hydrogen-bond acceptors (Lipinski definition) is 5. The van der Waals surface area contributed by atoms with E-state index in [1.807, 2.05) is 25.7 Å². The Labute approximate surface area is 144 Å². The van der Waals surface area contributed by atoms with Crippen LogP contribution in [-0.4, -0.2) is 48.3 Å². The van der Waals surface area contributed by atoms with Crippen molar-refractivity contribution in [3.63, 3.8) is 0 Å². The summed E-state index contributed by atoms with van der Waals surface area (Å²) < 4.78 is 10.6. The molecule has 1 aliphatic carbocycles. The molecule has 2 bridgehead atoms. The van der Waals surface area contributed by atoms with E-state index in [1.165, 1.54) is 7.11 Å². The Kier molecular flexibility index (Phi) is 3.90. The minimum absolute atomic E-state index is 0.104. The highest BCUT2D eigenvalue weighted by Crippen LogP contribution is 2.72. The van der Waals surface area contributed by atoms with Crippen LogP contribution in [0.2, 0.25) is 0 Å². The summed E-state index contributed by atoms with van der Waals surface area (Å²) in [6.45, 7) is 8.17. The van der Waals surface area contributed by atoms with E-state index in [0.717, 1.165) is 25.7 Å². The maximum atomic E-state index is 12.7. The van der Waals surface area contributed by atoms with Crippen LogP contribution in [0.3, 0.4) is 0 Å². The number of ether oxygens (including phenoxy) is 2. The molecule has 0 aromatic rings. The van der Waals surface area contributed by atoms with Crippen LogP contribution < -0.4 is 5.73 Å². The van der Waals surface area contributed by atoms with E-state index in [4.69, 9.17) is 15.2 Å². The first-order valence-corrected chi connectivity index (χ1v) is 8.89. The van der Waals surface area contributed by atoms with Gasteiger partial charge in [-0.05, 0) is 57.8 Å². The van der Waals surface area contributed by atoms with E-state index >= 15 is 0 Å². The van der Waals surface area contributed by atoms with Gasteiger partial charge in [-0.25, -0.2) is 4.79 Å². The Morgan fingerprint density at radius 1 is 1.29 bits per heavy atom. The van der Waals surface area contributed by atoms with Crippen LogP contribution >= 0.6 is 0 Å². The Morgan fingerprint density at radius 3 is 2.46 bits per heavy atom. The zero-order chi connectivity index (χ0) is 17.9. The second-order valence-electron chi connectivity index (χ2n) is 8.96. The number of hydrogen-bond donors (Lipinski definition) is 1. The molecule has 3 aliphatic rings. The lowest BCUT2D eigenvalue weighted by atomic mass is 9.79. The molecule has 2 heterocycles. The topological polar surface area (TPSA) is 81.9 Å². The van der Waals surface area contributed by atoms with Crippen LogP contribution in [0.25, 0.3) is 0 Å². The van der Waals surface area contributed by atoms with Crippen LogP contribution in [0.5, 0.6) is 0 Å². The van der Waals surface area contributed by atoms with E-state index in [9.17, 15) is 9.59 Å². The average molecular weight is 338 g/mol. The maximum Gasteiger partial charge on any atom is 0.410 e. The molecule has 24 heavy (non-hydrogen) atoms. The molecule has 0 radical (unpaired) electrons. The Morgan fingerprint density at radius 2 is 1.96 bits per heavy atom. The summed E-state index contributed by atoms with van der Waals surface area (Å²) in [6.07, 6.45) is 3.16. The molecule has 2 saturated heterocycles. The first-order chi connectivity index (χ1) is 11.1. The van der Waals surface area contributed by atoms with Crippen molar-refractivity contribution in [1.82, 2.24) is 4.90 Å². The zero-order valence-corrected chi connectivity index (χ0v) is 15.4. The molecule has 0 aromatic carbocycles. The summed E-state index contributed by atoms with van der Waals surface area (Å²) in [5, 5.41) is 0. The number of rotatable bonds is 2. The van der Waals surface area contributed by atoms with E-state index < -0.39 is 11.0 Å². The molecule has 2 N–H and O–H groups in total. The third-order valence-electron chi connectivity index (χ3n) is 6.34. The summed E-state index contributed by atoms with van der Waals surface area (Å²) in [6, 6.07) is 0.253. The molecule has 1 amide bonds. The summed E-state index contributed by atoms with van der Waals surface area (Å²) in [7, 11) is 1.43. The van der Waals surface area contributed by atoms with Crippen LogP contribution in [0, 0.1) is 16.7 Å². The van der Waals surface area contributed by atoms with E-state index in [1.54, 1.807) is 0 Å². The van der Waals surface area contributed by atoms with E-state index in [2.05, 4.69) is 6.92 Å². The molecule has 0 aromatic heterocycles. The Balaban J connectivity index is 1.81. The fourth-order valence-electron chi connectivity index (χ4n) is 5.18. The van der Waals surface area contributed by atoms with Gasteiger partial charge in [0.25, 0.3) is 0 Å². The van der Waals surface area contributed by atoms with E-state index in [-0.39, 0.29) is 29.6 Å². The number of carbonyl (C=O) groups is 2. The molecule has 5 atom stereocenters. The fourth-order valence-corrected chi connectivity index (χ4v) is 5.18. The molecule has 0 unspecified atom stereocenters. The number of nitrogens with two attached hydrogens (primary N) is 1. The van der Waals surface area contributed by atoms with Gasteiger partial charge in [-0.3, -0.25) is 4.79 Å². The monoisotopic (exact) mass is 338 g/mol. The molecule has 136 valence electrons. The number of nitrogens with zero attached hydrogens (tertiary/aromatic N) is 1. The number of methoxy groups -OCH3 is 1. The minimum Gasteiger partial charge on any atom is -0.469 e. The molecule has 6 nitrogen and oxygen atoms in total. The second-order valence-corrected chi connectivity index (χ2v) is 8.96. The summed E-state index contributed by atoms with van der Waals surface area (Å²) in [5.41, 5.74) is 4.81. The largest absolute Gasteiger partial charge is 0.469 e. The first-order valence-electron chi connectivity index (χ1n) is 8.89. The summed E-state index contributed by atoms with van der Waals surface area (Å²) in [4.78, 5) is 26.9. The van der Waals surface area contributed by atoms with Crippen molar-refractivity contribution in [3.05, 3.63) is 0 Å². The van der Waals surface area contributed by atoms with Crippen LogP contribution in [0.1, 0.15) is 53.4 Å². The van der Waals surface area contributed by atoms with Crippen molar-refractivity contribution >= 4 is 12.1 Å². The standard InChI is InChI=1S/C18H30N2O4/c1-11-6-12-7-17(9-18(17,10-19)14(21)23-5)8-13(11)20(12)15(22)24-16(2,3)4/h11-13H,6-10,19H2,1-5H3/t11-,12+,13+,17-,18+/m0/s1. The number of carbonyl (C=O) groups excluding carboxylic acids is 2. The van der Waals surface area contributed by atoms with Crippen molar-refractivity contribution in [2.24, 2.45) is 22.5 Å². The molecular weight excluding hydrogens is 308 g/mol. The van der Waals surface area contributed by atoms with Gasteiger partial charge >= 0.3 is 12.1 Å². The highest BCUT2D eigenvalue weighted by Gasteiger charge is 2.75. The van der Waals surface area contributed by atoms with Crippen LogP contribution in [-0.2, 0) is 14.3 Å². The number of amides is 1. The zero-order valence-electron chi connectivity index (χ0n) is 15.4. The molecule has 3 fully saturated rings. The van der Waals surface area contributed by atoms with Gasteiger partial charge in [0.05, 0.1) is 12.5 Å². The van der Waals surface area contributed by atoms with Crippen molar-refractivity contribution in [2.75, 3.05) is 13.7 Å². The van der Waals surface area contributed by atoms with Gasteiger partial charge in [-0.15, -0.1) is 0 Å². The third-order valence-corrected chi connectivity index (χ3v) is 6.34. The molecular formula is C18H30N2O4. The second kappa shape index (κ2) is 5.35. The predicted molar refractivity (Wildman–Crippen MR) is 89.2 cm³/mol. The highest BCUT2D eigenvalue weighted by molar-refractivity contribution is 5.82. The van der Waals surface area contributed by atoms with Crippen molar-refractivity contribution in [2.45, 2.75) is 71.1 Å². The molecule has 6 heteroatoms. The normalized spacial score (nSPS) is 40.6. The van der Waals surface area contributed by atoms with Gasteiger partial charge in [-0.2, -0.15) is 0 Å². The smallest absolute Gasteiger partial charge is 0.410 e. The van der Waals surface area contributed by atoms with Gasteiger partial charge in [0, 0.05) is 18.6 Å². The van der Waals surface area contributed by atoms with Crippen LogP contribution in [0.15, 0.2) is 0 Å². The van der Waals surface area contributed by atoms with Gasteiger partial charge < -0.3 is 20.1 Å². The van der Waals surface area contributed by atoms with Gasteiger partial charge in [0.15, 0.2) is 0 Å². The van der Waals surface area contributed by atoms with Gasteiger partial charge in [0.1, 0.15) is 5.60 Å². The lowest BCUT2D eigenvalue weighted by molar-refractivity contribution is -0.149. The van der Waals surface area contributed by atoms with Crippen molar-refractivity contribution in [1.29, 1.82) is 0 Å². The van der Waals surface area contributed by atoms with Crippen molar-refractivity contribution in [3.8, 4) is 0 Å². The van der Waals surface area contributed by atoms with Crippen molar-refractivity contribution < 1.29 is 19.1 Å². The summed E-state index contributed by atoms with van der Waals surface area (Å²) in [5.74, 6) is 0.221. The first kappa shape index (κ1) is 17.5. The molecule has 1 spiro atoms. The molecule has 2 aliphatic heterocycles. The Hall–Kier alpha value is -1.30. The maximum absolute atomic E-state index is 12.7. The lowest BCUT2D eigenvalue weighted by Gasteiger charge is -2.42. The fraction of sp³-hybridized carbons (Fsp3) is 0.889. The molecule has 1 saturated carbocycles. The third kappa shape index (κ3) is 2.41. The quantitative estimate of drug-likeness (QED) is 0.781. The number of esters is 1. The highest BCUT2D eigenvalue weighted by atomic mass is 16.6. The van der Waals surface area contributed by atoms with Gasteiger partial charge in [-0.1, -0.05) is 6.92 Å².